The van der Waals surface area contributed by atoms with Gasteiger partial charge in [-0.05, 0) is 42.8 Å². The number of urea groups is 1. The largest absolute Gasteiger partial charge is 0.322 e. The van der Waals surface area contributed by atoms with Gasteiger partial charge in [-0.2, -0.15) is 0 Å². The van der Waals surface area contributed by atoms with Crippen LogP contribution in [-0.4, -0.2) is 32.5 Å². The fourth-order valence-electron chi connectivity index (χ4n) is 2.73. The van der Waals surface area contributed by atoms with Crippen LogP contribution in [-0.2, 0) is 20.2 Å². The summed E-state index contributed by atoms with van der Waals surface area (Å²) >= 11 is 0. The molecule has 0 radical (unpaired) electrons. The number of amides is 4. The molecule has 27 heavy (non-hydrogen) atoms. The first-order chi connectivity index (χ1) is 12.6. The molecule has 3 N–H and O–H groups in total. The number of rotatable bonds is 4. The van der Waals surface area contributed by atoms with Gasteiger partial charge in [-0.1, -0.05) is 18.2 Å². The van der Waals surface area contributed by atoms with Crippen LogP contribution in [0.1, 0.15) is 22.8 Å². The number of hydrogen-bond donors (Lipinski definition) is 3. The van der Waals surface area contributed by atoms with E-state index in [-0.39, 0.29) is 10.5 Å². The van der Waals surface area contributed by atoms with Crippen LogP contribution in [0, 0.1) is 0 Å². The zero-order valence-electron chi connectivity index (χ0n) is 14.6. The average Bonchev–Trinajstić information content (AvgIpc) is 2.87. The molecule has 0 spiro atoms. The maximum atomic E-state index is 12.5. The van der Waals surface area contributed by atoms with Gasteiger partial charge in [0.2, 0.25) is 0 Å². The van der Waals surface area contributed by atoms with Crippen LogP contribution in [0.15, 0.2) is 53.4 Å². The maximum Gasteiger partial charge on any atom is 0.322 e. The fraction of sp³-hybridized carbons (Fsp3) is 0.167. The summed E-state index contributed by atoms with van der Waals surface area (Å²) in [6.45, 7) is 1.56. The summed E-state index contributed by atoms with van der Waals surface area (Å²) in [5.41, 5.74) is -0.166. The Balaban J connectivity index is 1.86. The average molecular weight is 387 g/mol. The molecule has 1 aliphatic heterocycles. The topological polar surface area (TPSA) is 121 Å². The molecule has 2 aromatic carbocycles. The zero-order valence-corrected chi connectivity index (χ0v) is 15.4. The van der Waals surface area contributed by atoms with Gasteiger partial charge in [0.25, 0.3) is 11.8 Å². The summed E-state index contributed by atoms with van der Waals surface area (Å²) in [5, 5.41) is 7.40. The predicted octanol–water partition coefficient (Wildman–Crippen LogP) is 1.40. The zero-order chi connectivity index (χ0) is 19.8. The summed E-state index contributed by atoms with van der Waals surface area (Å²) in [5.74, 6) is -0.987. The van der Waals surface area contributed by atoms with Crippen LogP contribution in [0.4, 0.5) is 10.5 Å². The number of sulfone groups is 1. The van der Waals surface area contributed by atoms with Crippen LogP contribution in [0.25, 0.3) is 0 Å². The van der Waals surface area contributed by atoms with E-state index < -0.39 is 33.2 Å². The number of hydrogen-bond acceptors (Lipinski definition) is 5. The van der Waals surface area contributed by atoms with Crippen LogP contribution >= 0.6 is 0 Å². The summed E-state index contributed by atoms with van der Waals surface area (Å²) in [4.78, 5) is 36.0. The van der Waals surface area contributed by atoms with E-state index in [1.54, 1.807) is 31.2 Å². The number of benzene rings is 2. The number of carbonyl (C=O) groups excluding carboxylic acids is 3. The lowest BCUT2D eigenvalue weighted by molar-refractivity contribution is -0.123. The number of nitrogens with one attached hydrogen (secondary N) is 3. The van der Waals surface area contributed by atoms with Crippen LogP contribution < -0.4 is 16.0 Å². The molecule has 1 saturated heterocycles. The molecular weight excluding hydrogens is 370 g/mol. The lowest BCUT2D eigenvalue weighted by Gasteiger charge is -2.21. The first-order valence-corrected chi connectivity index (χ1v) is 9.84. The molecule has 0 bridgehead atoms. The summed E-state index contributed by atoms with van der Waals surface area (Å²) in [7, 11) is -3.43. The monoisotopic (exact) mass is 387 g/mol. The highest BCUT2D eigenvalue weighted by Gasteiger charge is 2.43. The van der Waals surface area contributed by atoms with Crippen molar-refractivity contribution in [2.45, 2.75) is 17.4 Å². The van der Waals surface area contributed by atoms with Gasteiger partial charge in [0.1, 0.15) is 5.54 Å². The Morgan fingerprint density at radius 2 is 1.78 bits per heavy atom. The molecule has 8 nitrogen and oxygen atoms in total. The second-order valence-electron chi connectivity index (χ2n) is 6.37. The predicted molar refractivity (Wildman–Crippen MR) is 98.0 cm³/mol. The van der Waals surface area contributed by atoms with Crippen molar-refractivity contribution in [2.75, 3.05) is 11.6 Å². The summed E-state index contributed by atoms with van der Waals surface area (Å²) in [6.07, 6.45) is 1.06. The van der Waals surface area contributed by atoms with Crippen molar-refractivity contribution >= 4 is 33.4 Å². The third kappa shape index (κ3) is 3.68. The minimum absolute atomic E-state index is 0.0433. The Morgan fingerprint density at radius 1 is 1.07 bits per heavy atom. The smallest absolute Gasteiger partial charge is 0.322 e. The third-order valence-corrected chi connectivity index (χ3v) is 5.38. The van der Waals surface area contributed by atoms with Gasteiger partial charge in [0, 0.05) is 17.5 Å². The van der Waals surface area contributed by atoms with E-state index in [0.29, 0.717) is 11.3 Å². The lowest BCUT2D eigenvalue weighted by atomic mass is 9.92. The lowest BCUT2D eigenvalue weighted by Crippen LogP contribution is -2.40. The van der Waals surface area contributed by atoms with E-state index in [9.17, 15) is 22.8 Å². The summed E-state index contributed by atoms with van der Waals surface area (Å²) in [6, 6.07) is 11.6. The Bertz CT molecular complexity index is 1060. The molecular formula is C18H17N3O5S. The molecule has 0 unspecified atom stereocenters. The molecule has 1 heterocycles. The molecule has 1 aliphatic rings. The number of imide groups is 1. The second kappa shape index (κ2) is 6.51. The van der Waals surface area contributed by atoms with E-state index in [4.69, 9.17) is 0 Å². The standard InChI is InChI=1S/C18H17N3O5S/c1-18(16(23)20-17(24)21-18)12-6-4-7-13(10-12)19-15(22)11-5-3-8-14(9-11)27(2,25)26/h3-10H,1-2H3,(H,19,22)(H2,20,21,23,24)/t18-/m0/s1. The number of carbonyl (C=O) groups is 3. The highest BCUT2D eigenvalue weighted by atomic mass is 32.2. The maximum absolute atomic E-state index is 12.5. The molecule has 0 saturated carbocycles. The van der Waals surface area contributed by atoms with Crippen molar-refractivity contribution in [3.8, 4) is 0 Å². The Hall–Kier alpha value is -3.20. The highest BCUT2D eigenvalue weighted by Crippen LogP contribution is 2.26. The highest BCUT2D eigenvalue weighted by molar-refractivity contribution is 7.90. The first kappa shape index (κ1) is 18.6. The van der Waals surface area contributed by atoms with Crippen molar-refractivity contribution < 1.29 is 22.8 Å². The first-order valence-electron chi connectivity index (χ1n) is 7.95. The molecule has 0 aliphatic carbocycles. The van der Waals surface area contributed by atoms with E-state index in [2.05, 4.69) is 16.0 Å². The Kier molecular flexibility index (Phi) is 4.48. The van der Waals surface area contributed by atoms with Crippen LogP contribution in [0.3, 0.4) is 0 Å². The second-order valence-corrected chi connectivity index (χ2v) is 8.38. The van der Waals surface area contributed by atoms with Gasteiger partial charge in [-0.15, -0.1) is 0 Å². The van der Waals surface area contributed by atoms with Gasteiger partial charge in [0.05, 0.1) is 4.90 Å². The molecule has 2 aromatic rings. The molecule has 1 atom stereocenters. The number of anilines is 1. The van der Waals surface area contributed by atoms with Crippen molar-refractivity contribution in [3.63, 3.8) is 0 Å². The minimum Gasteiger partial charge on any atom is -0.322 e. The van der Waals surface area contributed by atoms with Gasteiger partial charge in [0.15, 0.2) is 9.84 Å². The van der Waals surface area contributed by atoms with Gasteiger partial charge < -0.3 is 10.6 Å². The van der Waals surface area contributed by atoms with Crippen molar-refractivity contribution in [1.82, 2.24) is 10.6 Å². The van der Waals surface area contributed by atoms with Crippen molar-refractivity contribution in [3.05, 3.63) is 59.7 Å². The van der Waals surface area contributed by atoms with Crippen LogP contribution in [0.5, 0.6) is 0 Å². The third-order valence-electron chi connectivity index (χ3n) is 4.27. The molecule has 140 valence electrons. The quantitative estimate of drug-likeness (QED) is 0.685. The SMILES string of the molecule is C[C@@]1(c2cccc(NC(=O)c3cccc(S(C)(=O)=O)c3)c2)NC(=O)NC1=O. The van der Waals surface area contributed by atoms with Gasteiger partial charge >= 0.3 is 6.03 Å². The normalized spacial score (nSPS) is 19.3. The molecule has 3 rings (SSSR count). The Labute approximate surface area is 155 Å². The van der Waals surface area contributed by atoms with E-state index in [1.807, 2.05) is 0 Å². The molecule has 4 amide bonds. The van der Waals surface area contributed by atoms with Crippen molar-refractivity contribution in [1.29, 1.82) is 0 Å². The summed E-state index contributed by atoms with van der Waals surface area (Å²) < 4.78 is 23.3. The van der Waals surface area contributed by atoms with Crippen LogP contribution in [0.2, 0.25) is 0 Å². The minimum atomic E-state index is -3.43. The molecule has 9 heteroatoms. The van der Waals surface area contributed by atoms with E-state index in [1.165, 1.54) is 24.3 Å². The van der Waals surface area contributed by atoms with Crippen molar-refractivity contribution in [2.24, 2.45) is 0 Å². The van der Waals surface area contributed by atoms with E-state index in [0.717, 1.165) is 6.26 Å². The fourth-order valence-corrected chi connectivity index (χ4v) is 3.39. The van der Waals surface area contributed by atoms with Gasteiger partial charge in [-0.3, -0.25) is 14.9 Å². The van der Waals surface area contributed by atoms with Gasteiger partial charge in [-0.25, -0.2) is 13.2 Å². The van der Waals surface area contributed by atoms with E-state index >= 15 is 0 Å². The molecule has 1 fully saturated rings. The molecule has 0 aromatic heterocycles. The Morgan fingerprint density at radius 3 is 2.41 bits per heavy atom.